The lowest BCUT2D eigenvalue weighted by molar-refractivity contribution is -0.117. The third-order valence-corrected chi connectivity index (χ3v) is 3.82. The van der Waals surface area contributed by atoms with Crippen LogP contribution in [0.4, 0.5) is 5.69 Å². The van der Waals surface area contributed by atoms with E-state index in [2.05, 4.69) is 5.32 Å². The van der Waals surface area contributed by atoms with Crippen LogP contribution in [-0.2, 0) is 4.79 Å². The first-order chi connectivity index (χ1) is 9.10. The zero-order valence-corrected chi connectivity index (χ0v) is 11.9. The first kappa shape index (κ1) is 14.6. The number of halogens is 2. The van der Waals surface area contributed by atoms with Crippen LogP contribution in [0.1, 0.15) is 12.8 Å². The normalized spacial score (nSPS) is 19.6. The largest absolute Gasteiger partial charge is 0.395 e. The Labute approximate surface area is 122 Å². The molecule has 19 heavy (non-hydrogen) atoms. The molecule has 1 aromatic carbocycles. The summed E-state index contributed by atoms with van der Waals surface area (Å²) in [5, 5.41) is 12.9. The average molecular weight is 303 g/mol. The number of carbonyl (C=O) groups is 1. The molecule has 0 aliphatic carbocycles. The molecule has 104 valence electrons. The Balaban J connectivity index is 1.95. The molecule has 0 bridgehead atoms. The van der Waals surface area contributed by atoms with E-state index in [-0.39, 0.29) is 25.1 Å². The smallest absolute Gasteiger partial charge is 0.238 e. The molecule has 1 fully saturated rings. The van der Waals surface area contributed by atoms with E-state index in [1.165, 1.54) is 0 Å². The van der Waals surface area contributed by atoms with Gasteiger partial charge in [-0.05, 0) is 37.6 Å². The molecule has 1 aromatic rings. The van der Waals surface area contributed by atoms with Crippen LogP contribution in [0.25, 0.3) is 0 Å². The number of anilines is 1. The summed E-state index contributed by atoms with van der Waals surface area (Å²) in [5.74, 6) is -0.149. The van der Waals surface area contributed by atoms with E-state index in [9.17, 15) is 9.90 Å². The van der Waals surface area contributed by atoms with Gasteiger partial charge in [-0.1, -0.05) is 23.2 Å². The van der Waals surface area contributed by atoms with Gasteiger partial charge in [0.05, 0.1) is 23.9 Å². The van der Waals surface area contributed by atoms with E-state index in [1.807, 2.05) is 4.90 Å². The number of hydrogen-bond acceptors (Lipinski definition) is 3. The van der Waals surface area contributed by atoms with Crippen molar-refractivity contribution in [2.45, 2.75) is 18.9 Å². The van der Waals surface area contributed by atoms with Crippen LogP contribution in [0.2, 0.25) is 10.0 Å². The molecule has 1 saturated heterocycles. The van der Waals surface area contributed by atoms with Gasteiger partial charge in [0.15, 0.2) is 0 Å². The van der Waals surface area contributed by atoms with Crippen LogP contribution in [-0.4, -0.2) is 41.7 Å². The predicted octanol–water partition coefficient (Wildman–Crippen LogP) is 2.39. The Hall–Kier alpha value is -0.810. The quantitative estimate of drug-likeness (QED) is 0.898. The van der Waals surface area contributed by atoms with Crippen LogP contribution >= 0.6 is 23.2 Å². The highest BCUT2D eigenvalue weighted by Crippen LogP contribution is 2.25. The highest BCUT2D eigenvalue weighted by molar-refractivity contribution is 6.35. The van der Waals surface area contributed by atoms with Gasteiger partial charge < -0.3 is 10.4 Å². The van der Waals surface area contributed by atoms with Crippen LogP contribution in [0.15, 0.2) is 18.2 Å². The summed E-state index contributed by atoms with van der Waals surface area (Å²) in [7, 11) is 0. The second kappa shape index (κ2) is 6.57. The zero-order valence-electron chi connectivity index (χ0n) is 10.4. The summed E-state index contributed by atoms with van der Waals surface area (Å²) in [5.41, 5.74) is 0.513. The molecule has 4 nitrogen and oxygen atoms in total. The molecule has 1 amide bonds. The molecule has 1 aliphatic heterocycles. The summed E-state index contributed by atoms with van der Waals surface area (Å²) < 4.78 is 0. The predicted molar refractivity (Wildman–Crippen MR) is 76.8 cm³/mol. The monoisotopic (exact) mass is 302 g/mol. The van der Waals surface area contributed by atoms with Crippen molar-refractivity contribution in [1.82, 2.24) is 4.90 Å². The fourth-order valence-electron chi connectivity index (χ4n) is 2.28. The van der Waals surface area contributed by atoms with E-state index < -0.39 is 0 Å². The second-order valence-electron chi connectivity index (χ2n) is 4.62. The molecule has 1 atom stereocenters. The number of aliphatic hydroxyl groups is 1. The molecule has 0 unspecified atom stereocenters. The zero-order chi connectivity index (χ0) is 13.8. The number of aliphatic hydroxyl groups excluding tert-OH is 1. The Morgan fingerprint density at radius 3 is 3.00 bits per heavy atom. The Kier molecular flexibility index (Phi) is 5.05. The molecule has 2 N–H and O–H groups in total. The van der Waals surface area contributed by atoms with Crippen LogP contribution in [0, 0.1) is 0 Å². The molecule has 2 rings (SSSR count). The fourth-order valence-corrected chi connectivity index (χ4v) is 2.61. The Morgan fingerprint density at radius 2 is 2.26 bits per heavy atom. The molecule has 0 spiro atoms. The molecule has 1 heterocycles. The number of amides is 1. The topological polar surface area (TPSA) is 52.6 Å². The maximum atomic E-state index is 12.0. The van der Waals surface area contributed by atoms with E-state index in [0.29, 0.717) is 15.7 Å². The van der Waals surface area contributed by atoms with Gasteiger partial charge in [0, 0.05) is 11.1 Å². The molecule has 1 aliphatic rings. The van der Waals surface area contributed by atoms with E-state index in [4.69, 9.17) is 23.2 Å². The van der Waals surface area contributed by atoms with Gasteiger partial charge in [0.1, 0.15) is 0 Å². The average Bonchev–Trinajstić information content (AvgIpc) is 2.81. The van der Waals surface area contributed by atoms with E-state index in [1.54, 1.807) is 18.2 Å². The standard InChI is InChI=1S/C13H16Cl2N2O2/c14-9-3-4-11(15)12(6-9)16-13(19)7-17-5-1-2-10(17)8-18/h3-4,6,10,18H,1-2,5,7-8H2,(H,16,19)/t10-/m0/s1. The van der Waals surface area contributed by atoms with Crippen molar-refractivity contribution in [2.75, 3.05) is 25.0 Å². The van der Waals surface area contributed by atoms with Gasteiger partial charge in [-0.25, -0.2) is 0 Å². The summed E-state index contributed by atoms with van der Waals surface area (Å²) in [6.45, 7) is 1.18. The van der Waals surface area contributed by atoms with Crippen molar-refractivity contribution in [3.8, 4) is 0 Å². The highest BCUT2D eigenvalue weighted by atomic mass is 35.5. The number of nitrogens with zero attached hydrogens (tertiary/aromatic N) is 1. The molecular weight excluding hydrogens is 287 g/mol. The summed E-state index contributed by atoms with van der Waals surface area (Å²) in [4.78, 5) is 13.9. The van der Waals surface area contributed by atoms with Gasteiger partial charge in [-0.2, -0.15) is 0 Å². The van der Waals surface area contributed by atoms with E-state index >= 15 is 0 Å². The third-order valence-electron chi connectivity index (χ3n) is 3.26. The first-order valence-electron chi connectivity index (χ1n) is 6.20. The Bertz CT molecular complexity index is 468. The lowest BCUT2D eigenvalue weighted by Crippen LogP contribution is -2.38. The second-order valence-corrected chi connectivity index (χ2v) is 5.47. The van der Waals surface area contributed by atoms with Gasteiger partial charge in [0.2, 0.25) is 5.91 Å². The Morgan fingerprint density at radius 1 is 1.47 bits per heavy atom. The number of hydrogen-bond donors (Lipinski definition) is 2. The number of likely N-dealkylation sites (tertiary alicyclic amines) is 1. The van der Waals surface area contributed by atoms with Crippen molar-refractivity contribution in [3.63, 3.8) is 0 Å². The van der Waals surface area contributed by atoms with Crippen molar-refractivity contribution in [3.05, 3.63) is 28.2 Å². The minimum atomic E-state index is -0.149. The van der Waals surface area contributed by atoms with Gasteiger partial charge in [0.25, 0.3) is 0 Å². The van der Waals surface area contributed by atoms with Crippen molar-refractivity contribution >= 4 is 34.8 Å². The fraction of sp³-hybridized carbons (Fsp3) is 0.462. The van der Waals surface area contributed by atoms with Crippen LogP contribution in [0.5, 0.6) is 0 Å². The lowest BCUT2D eigenvalue weighted by Gasteiger charge is -2.21. The minimum Gasteiger partial charge on any atom is -0.395 e. The van der Waals surface area contributed by atoms with Crippen molar-refractivity contribution in [1.29, 1.82) is 0 Å². The summed E-state index contributed by atoms with van der Waals surface area (Å²) >= 11 is 11.8. The minimum absolute atomic E-state index is 0.0839. The van der Waals surface area contributed by atoms with Gasteiger partial charge in [-0.15, -0.1) is 0 Å². The summed E-state index contributed by atoms with van der Waals surface area (Å²) in [6, 6.07) is 5.02. The van der Waals surface area contributed by atoms with E-state index in [0.717, 1.165) is 19.4 Å². The number of carbonyl (C=O) groups excluding carboxylic acids is 1. The molecule has 0 radical (unpaired) electrons. The molecule has 6 heteroatoms. The van der Waals surface area contributed by atoms with Crippen molar-refractivity contribution < 1.29 is 9.90 Å². The third kappa shape index (κ3) is 3.83. The van der Waals surface area contributed by atoms with Crippen LogP contribution < -0.4 is 5.32 Å². The molecule has 0 aromatic heterocycles. The highest BCUT2D eigenvalue weighted by Gasteiger charge is 2.25. The number of benzene rings is 1. The van der Waals surface area contributed by atoms with Gasteiger partial charge in [-0.3, -0.25) is 9.69 Å². The van der Waals surface area contributed by atoms with Crippen molar-refractivity contribution in [2.24, 2.45) is 0 Å². The lowest BCUT2D eigenvalue weighted by atomic mass is 10.2. The first-order valence-corrected chi connectivity index (χ1v) is 6.95. The maximum Gasteiger partial charge on any atom is 0.238 e. The number of nitrogens with one attached hydrogen (secondary N) is 1. The maximum absolute atomic E-state index is 12.0. The van der Waals surface area contributed by atoms with Crippen LogP contribution in [0.3, 0.4) is 0 Å². The summed E-state index contributed by atoms with van der Waals surface area (Å²) in [6.07, 6.45) is 1.94. The molecular formula is C13H16Cl2N2O2. The number of rotatable bonds is 4. The SMILES string of the molecule is O=C(CN1CCC[C@H]1CO)Nc1cc(Cl)ccc1Cl. The molecule has 0 saturated carbocycles. The van der Waals surface area contributed by atoms with Gasteiger partial charge >= 0.3 is 0 Å².